The van der Waals surface area contributed by atoms with E-state index in [1.807, 2.05) is 6.92 Å². The Morgan fingerprint density at radius 3 is 2.33 bits per heavy atom. The normalized spacial score (nSPS) is 29.9. The van der Waals surface area contributed by atoms with E-state index in [4.69, 9.17) is 5.73 Å². The Morgan fingerprint density at radius 1 is 1.44 bits per heavy atom. The molecule has 1 rings (SSSR count). The Kier molecular flexibility index (Phi) is 4.05. The maximum atomic E-state index is 12.3. The molecule has 0 spiro atoms. The molecule has 0 aromatic heterocycles. The average molecular weight is 256 g/mol. The van der Waals surface area contributed by atoms with Gasteiger partial charge in [-0.1, -0.05) is 27.2 Å². The standard InChI is InChI=1S/C13H24N2O3/c1-12(2,3)9(10(16)17)15-11(18)13(4)7-5-6-8(13)14/h8-9H,5-7,14H2,1-4H3,(H,15,18)(H,16,17)/t8?,9-,13?/m0/s1. The highest BCUT2D eigenvalue weighted by Gasteiger charge is 2.45. The molecule has 0 radical (unpaired) electrons. The summed E-state index contributed by atoms with van der Waals surface area (Å²) in [7, 11) is 0. The summed E-state index contributed by atoms with van der Waals surface area (Å²) in [5.41, 5.74) is 4.80. The third-order valence-electron chi connectivity index (χ3n) is 3.94. The second-order valence-electron chi connectivity index (χ2n) is 6.53. The highest BCUT2D eigenvalue weighted by molar-refractivity contribution is 5.88. The van der Waals surface area contributed by atoms with Crippen molar-refractivity contribution in [2.45, 2.75) is 59.0 Å². The predicted molar refractivity (Wildman–Crippen MR) is 69.0 cm³/mol. The van der Waals surface area contributed by atoms with Crippen LogP contribution in [0.4, 0.5) is 0 Å². The average Bonchev–Trinajstić information content (AvgIpc) is 2.54. The van der Waals surface area contributed by atoms with Gasteiger partial charge in [-0.25, -0.2) is 4.79 Å². The van der Waals surface area contributed by atoms with E-state index >= 15 is 0 Å². The summed E-state index contributed by atoms with van der Waals surface area (Å²) in [6.45, 7) is 7.20. The molecule has 3 atom stereocenters. The quantitative estimate of drug-likeness (QED) is 0.705. The molecule has 2 unspecified atom stereocenters. The van der Waals surface area contributed by atoms with E-state index in [0.717, 1.165) is 19.3 Å². The van der Waals surface area contributed by atoms with Crippen molar-refractivity contribution in [1.82, 2.24) is 5.32 Å². The van der Waals surface area contributed by atoms with E-state index < -0.39 is 22.8 Å². The van der Waals surface area contributed by atoms with E-state index in [0.29, 0.717) is 0 Å². The van der Waals surface area contributed by atoms with Crippen LogP contribution in [-0.2, 0) is 9.59 Å². The molecule has 0 heterocycles. The third-order valence-corrected chi connectivity index (χ3v) is 3.94. The van der Waals surface area contributed by atoms with Crippen LogP contribution in [0.5, 0.6) is 0 Å². The molecule has 5 nitrogen and oxygen atoms in total. The first kappa shape index (κ1) is 15.0. The maximum absolute atomic E-state index is 12.3. The van der Waals surface area contributed by atoms with Crippen LogP contribution in [-0.4, -0.2) is 29.1 Å². The van der Waals surface area contributed by atoms with Crippen molar-refractivity contribution in [2.75, 3.05) is 0 Å². The van der Waals surface area contributed by atoms with Gasteiger partial charge in [0.15, 0.2) is 0 Å². The summed E-state index contributed by atoms with van der Waals surface area (Å²) in [5.74, 6) is -1.25. The first-order valence-electron chi connectivity index (χ1n) is 6.38. The maximum Gasteiger partial charge on any atom is 0.326 e. The summed E-state index contributed by atoms with van der Waals surface area (Å²) in [4.78, 5) is 23.5. The van der Waals surface area contributed by atoms with Crippen LogP contribution >= 0.6 is 0 Å². The fraction of sp³-hybridized carbons (Fsp3) is 0.846. The molecule has 0 aliphatic heterocycles. The van der Waals surface area contributed by atoms with Crippen molar-refractivity contribution < 1.29 is 14.7 Å². The van der Waals surface area contributed by atoms with Crippen molar-refractivity contribution >= 4 is 11.9 Å². The van der Waals surface area contributed by atoms with Gasteiger partial charge in [0.05, 0.1) is 5.41 Å². The van der Waals surface area contributed by atoms with Gasteiger partial charge in [0.2, 0.25) is 5.91 Å². The van der Waals surface area contributed by atoms with Crippen LogP contribution in [0, 0.1) is 10.8 Å². The summed E-state index contributed by atoms with van der Waals surface area (Å²) in [6, 6.07) is -1.08. The third kappa shape index (κ3) is 2.83. The molecule has 1 aliphatic rings. The number of carbonyl (C=O) groups excluding carboxylic acids is 1. The molecule has 1 amide bonds. The molecule has 5 heteroatoms. The zero-order chi connectivity index (χ0) is 14.1. The largest absolute Gasteiger partial charge is 0.480 e. The summed E-state index contributed by atoms with van der Waals surface area (Å²) >= 11 is 0. The first-order valence-corrected chi connectivity index (χ1v) is 6.38. The molecule has 18 heavy (non-hydrogen) atoms. The number of nitrogens with two attached hydrogens (primary N) is 1. The number of rotatable bonds is 3. The molecular formula is C13H24N2O3. The van der Waals surface area contributed by atoms with Gasteiger partial charge in [-0.05, 0) is 25.2 Å². The molecular weight excluding hydrogens is 232 g/mol. The van der Waals surface area contributed by atoms with Gasteiger partial charge < -0.3 is 16.2 Å². The Balaban J connectivity index is 2.83. The fourth-order valence-electron chi connectivity index (χ4n) is 2.42. The van der Waals surface area contributed by atoms with E-state index in [1.165, 1.54) is 0 Å². The van der Waals surface area contributed by atoms with Crippen LogP contribution in [0.25, 0.3) is 0 Å². The van der Waals surface area contributed by atoms with Crippen LogP contribution in [0.3, 0.4) is 0 Å². The summed E-state index contributed by atoms with van der Waals surface area (Å²) < 4.78 is 0. The van der Waals surface area contributed by atoms with Gasteiger partial charge in [-0.15, -0.1) is 0 Å². The lowest BCUT2D eigenvalue weighted by Crippen LogP contribution is -2.55. The van der Waals surface area contributed by atoms with Crippen molar-refractivity contribution in [2.24, 2.45) is 16.6 Å². The highest BCUT2D eigenvalue weighted by Crippen LogP contribution is 2.37. The van der Waals surface area contributed by atoms with Crippen molar-refractivity contribution in [3.8, 4) is 0 Å². The van der Waals surface area contributed by atoms with Crippen LogP contribution in [0.2, 0.25) is 0 Å². The Labute approximate surface area is 108 Å². The molecule has 1 fully saturated rings. The number of carbonyl (C=O) groups is 2. The first-order chi connectivity index (χ1) is 8.09. The number of carboxylic acids is 1. The minimum absolute atomic E-state index is 0.188. The molecule has 104 valence electrons. The van der Waals surface area contributed by atoms with Gasteiger partial charge >= 0.3 is 5.97 Å². The fourth-order valence-corrected chi connectivity index (χ4v) is 2.42. The molecule has 0 aromatic rings. The number of carboxylic acid groups (broad SMARTS) is 1. The van der Waals surface area contributed by atoms with Crippen molar-refractivity contribution in [3.63, 3.8) is 0 Å². The van der Waals surface area contributed by atoms with Gasteiger partial charge in [0.25, 0.3) is 0 Å². The second kappa shape index (κ2) is 4.88. The summed E-state index contributed by atoms with van der Waals surface area (Å²) in [5, 5.41) is 11.9. The SMILES string of the molecule is CC1(C(=O)N[C@@H](C(=O)O)C(C)(C)C)CCCC1N. The van der Waals surface area contributed by atoms with Crippen LogP contribution < -0.4 is 11.1 Å². The second-order valence-corrected chi connectivity index (χ2v) is 6.53. The highest BCUT2D eigenvalue weighted by atomic mass is 16.4. The van der Waals surface area contributed by atoms with E-state index in [2.05, 4.69) is 5.32 Å². The van der Waals surface area contributed by atoms with Gasteiger partial charge in [0.1, 0.15) is 6.04 Å². The Hall–Kier alpha value is -1.10. The minimum Gasteiger partial charge on any atom is -0.480 e. The summed E-state index contributed by atoms with van der Waals surface area (Å²) in [6.07, 6.45) is 2.45. The van der Waals surface area contributed by atoms with E-state index in [-0.39, 0.29) is 11.9 Å². The lowest BCUT2D eigenvalue weighted by molar-refractivity contribution is -0.147. The van der Waals surface area contributed by atoms with Gasteiger partial charge in [0, 0.05) is 6.04 Å². The molecule has 0 saturated heterocycles. The van der Waals surface area contributed by atoms with Crippen LogP contribution in [0.15, 0.2) is 0 Å². The number of amides is 1. The Bertz CT molecular complexity index is 349. The van der Waals surface area contributed by atoms with Gasteiger partial charge in [-0.2, -0.15) is 0 Å². The number of nitrogens with one attached hydrogen (secondary N) is 1. The van der Waals surface area contributed by atoms with Crippen molar-refractivity contribution in [3.05, 3.63) is 0 Å². The number of hydrogen-bond donors (Lipinski definition) is 3. The minimum atomic E-state index is -1.01. The smallest absolute Gasteiger partial charge is 0.326 e. The topological polar surface area (TPSA) is 92.4 Å². The Morgan fingerprint density at radius 2 is 2.00 bits per heavy atom. The van der Waals surface area contributed by atoms with Crippen molar-refractivity contribution in [1.29, 1.82) is 0 Å². The lowest BCUT2D eigenvalue weighted by Gasteiger charge is -2.33. The predicted octanol–water partition coefficient (Wildman–Crippen LogP) is 1.12. The lowest BCUT2D eigenvalue weighted by atomic mass is 9.81. The van der Waals surface area contributed by atoms with E-state index in [9.17, 15) is 14.7 Å². The monoisotopic (exact) mass is 256 g/mol. The van der Waals surface area contributed by atoms with Crippen LogP contribution in [0.1, 0.15) is 47.0 Å². The molecule has 4 N–H and O–H groups in total. The molecule has 1 aliphatic carbocycles. The van der Waals surface area contributed by atoms with E-state index in [1.54, 1.807) is 20.8 Å². The zero-order valence-electron chi connectivity index (χ0n) is 11.6. The number of hydrogen-bond acceptors (Lipinski definition) is 3. The zero-order valence-corrected chi connectivity index (χ0v) is 11.6. The number of aliphatic carboxylic acids is 1. The molecule has 0 bridgehead atoms. The van der Waals surface area contributed by atoms with Gasteiger partial charge in [-0.3, -0.25) is 4.79 Å². The molecule has 1 saturated carbocycles. The molecule has 0 aromatic carbocycles.